The third-order valence-corrected chi connectivity index (χ3v) is 3.80. The van der Waals surface area contributed by atoms with E-state index in [2.05, 4.69) is 4.72 Å². The van der Waals surface area contributed by atoms with Crippen molar-refractivity contribution >= 4 is 21.6 Å². The topological polar surface area (TPSA) is 88.8 Å². The summed E-state index contributed by atoms with van der Waals surface area (Å²) in [6, 6.07) is 9.90. The van der Waals surface area contributed by atoms with Crippen LogP contribution < -0.4 is 4.72 Å². The maximum Gasteiger partial charge on any atom is 0.254 e. The molecule has 1 amide bonds. The number of carbonyl (C=O) groups excluding carboxylic acids is 1. The van der Waals surface area contributed by atoms with Gasteiger partial charge in [0.2, 0.25) is 10.0 Å². The van der Waals surface area contributed by atoms with Gasteiger partial charge >= 0.3 is 0 Å². The molecule has 130 valence electrons. The standard InChI is InChI=1S/C16H20N2O5S/c1-22-10-8-18(12-15-7-4-9-23-15)16(19)13-5-3-6-14(11-13)17-24(2,20)21/h3-7,9,11,17H,8,10,12H2,1-2H3. The number of ether oxygens (including phenoxy) is 1. The molecular formula is C16H20N2O5S. The number of nitrogens with zero attached hydrogens (tertiary/aromatic N) is 1. The van der Waals surface area contributed by atoms with Crippen LogP contribution in [-0.4, -0.2) is 45.7 Å². The summed E-state index contributed by atoms with van der Waals surface area (Å²) in [5.41, 5.74) is 0.722. The van der Waals surface area contributed by atoms with Crippen LogP contribution in [0.25, 0.3) is 0 Å². The molecule has 0 fully saturated rings. The third kappa shape index (κ3) is 5.39. The molecule has 0 aliphatic rings. The van der Waals surface area contributed by atoms with Crippen LogP contribution in [-0.2, 0) is 21.3 Å². The molecule has 0 unspecified atom stereocenters. The minimum absolute atomic E-state index is 0.236. The highest BCUT2D eigenvalue weighted by molar-refractivity contribution is 7.92. The average molecular weight is 352 g/mol. The monoisotopic (exact) mass is 352 g/mol. The first kappa shape index (κ1) is 18.0. The molecule has 0 spiro atoms. The summed E-state index contributed by atoms with van der Waals surface area (Å²) >= 11 is 0. The molecule has 0 saturated heterocycles. The van der Waals surface area contributed by atoms with Crippen LogP contribution in [0, 0.1) is 0 Å². The van der Waals surface area contributed by atoms with E-state index in [0.29, 0.717) is 36.7 Å². The molecule has 0 bridgehead atoms. The van der Waals surface area contributed by atoms with Gasteiger partial charge < -0.3 is 14.1 Å². The van der Waals surface area contributed by atoms with Crippen LogP contribution in [0.2, 0.25) is 0 Å². The zero-order valence-corrected chi connectivity index (χ0v) is 14.4. The van der Waals surface area contributed by atoms with Crippen molar-refractivity contribution in [1.82, 2.24) is 4.90 Å². The Bertz CT molecular complexity index is 772. The van der Waals surface area contributed by atoms with Crippen LogP contribution in [0.15, 0.2) is 47.1 Å². The van der Waals surface area contributed by atoms with E-state index >= 15 is 0 Å². The molecule has 1 N–H and O–H groups in total. The van der Waals surface area contributed by atoms with E-state index in [0.717, 1.165) is 6.26 Å². The maximum atomic E-state index is 12.7. The van der Waals surface area contributed by atoms with Gasteiger partial charge in [-0.15, -0.1) is 0 Å². The Hall–Kier alpha value is -2.32. The summed E-state index contributed by atoms with van der Waals surface area (Å²) in [5, 5.41) is 0. The molecule has 1 aromatic carbocycles. The van der Waals surface area contributed by atoms with E-state index in [4.69, 9.17) is 9.15 Å². The number of carbonyl (C=O) groups is 1. The lowest BCUT2D eigenvalue weighted by atomic mass is 10.1. The van der Waals surface area contributed by atoms with Gasteiger partial charge in [0, 0.05) is 24.9 Å². The van der Waals surface area contributed by atoms with Crippen LogP contribution in [0.4, 0.5) is 5.69 Å². The Morgan fingerprint density at radius 3 is 2.71 bits per heavy atom. The highest BCUT2D eigenvalue weighted by atomic mass is 32.2. The Morgan fingerprint density at radius 1 is 1.29 bits per heavy atom. The predicted molar refractivity (Wildman–Crippen MR) is 90.2 cm³/mol. The van der Waals surface area contributed by atoms with Crippen LogP contribution in [0.3, 0.4) is 0 Å². The number of furan rings is 1. The average Bonchev–Trinajstić information content (AvgIpc) is 3.02. The summed E-state index contributed by atoms with van der Waals surface area (Å²) < 4.78 is 35.4. The minimum Gasteiger partial charge on any atom is -0.467 e. The molecule has 2 aromatic rings. The largest absolute Gasteiger partial charge is 0.467 e. The Kier molecular flexibility index (Phi) is 5.99. The lowest BCUT2D eigenvalue weighted by Crippen LogP contribution is -2.33. The zero-order valence-electron chi connectivity index (χ0n) is 13.6. The van der Waals surface area contributed by atoms with Crippen molar-refractivity contribution in [3.63, 3.8) is 0 Å². The maximum absolute atomic E-state index is 12.7. The molecule has 1 aromatic heterocycles. The van der Waals surface area contributed by atoms with Gasteiger partial charge in [-0.2, -0.15) is 0 Å². The van der Waals surface area contributed by atoms with Gasteiger partial charge in [-0.25, -0.2) is 8.42 Å². The highest BCUT2D eigenvalue weighted by Gasteiger charge is 2.18. The highest BCUT2D eigenvalue weighted by Crippen LogP contribution is 2.16. The van der Waals surface area contributed by atoms with Crippen LogP contribution >= 0.6 is 0 Å². The number of sulfonamides is 1. The lowest BCUT2D eigenvalue weighted by Gasteiger charge is -2.21. The number of anilines is 1. The van der Waals surface area contributed by atoms with Crippen molar-refractivity contribution in [3.8, 4) is 0 Å². The van der Waals surface area contributed by atoms with Gasteiger partial charge in [-0.05, 0) is 30.3 Å². The van der Waals surface area contributed by atoms with E-state index < -0.39 is 10.0 Å². The van der Waals surface area contributed by atoms with E-state index in [9.17, 15) is 13.2 Å². The van der Waals surface area contributed by atoms with Gasteiger partial charge in [0.05, 0.1) is 25.7 Å². The molecule has 0 atom stereocenters. The quantitative estimate of drug-likeness (QED) is 0.784. The first-order chi connectivity index (χ1) is 11.4. The van der Waals surface area contributed by atoms with Crippen molar-refractivity contribution in [3.05, 3.63) is 54.0 Å². The molecule has 0 saturated carbocycles. The fraction of sp³-hybridized carbons (Fsp3) is 0.312. The van der Waals surface area contributed by atoms with Gasteiger partial charge in [0.25, 0.3) is 5.91 Å². The Balaban J connectivity index is 2.20. The minimum atomic E-state index is -3.40. The first-order valence-electron chi connectivity index (χ1n) is 7.27. The molecule has 2 rings (SSSR count). The molecule has 24 heavy (non-hydrogen) atoms. The normalized spacial score (nSPS) is 11.2. The number of methoxy groups -OCH3 is 1. The summed E-state index contributed by atoms with van der Waals surface area (Å²) in [6.07, 6.45) is 2.61. The fourth-order valence-electron chi connectivity index (χ4n) is 2.16. The summed E-state index contributed by atoms with van der Waals surface area (Å²) in [5.74, 6) is 0.422. The second kappa shape index (κ2) is 7.98. The smallest absolute Gasteiger partial charge is 0.254 e. The summed E-state index contributed by atoms with van der Waals surface area (Å²) in [7, 11) is -1.84. The zero-order chi connectivity index (χ0) is 17.6. The second-order valence-electron chi connectivity index (χ2n) is 5.25. The van der Waals surface area contributed by atoms with Crippen molar-refractivity contribution in [2.75, 3.05) is 31.2 Å². The number of hydrogen-bond acceptors (Lipinski definition) is 5. The number of rotatable bonds is 8. The van der Waals surface area contributed by atoms with Crippen molar-refractivity contribution in [1.29, 1.82) is 0 Å². The first-order valence-corrected chi connectivity index (χ1v) is 9.16. The van der Waals surface area contributed by atoms with Crippen LogP contribution in [0.1, 0.15) is 16.1 Å². The van der Waals surface area contributed by atoms with E-state index in [1.807, 2.05) is 0 Å². The fourth-order valence-corrected chi connectivity index (χ4v) is 2.71. The molecular weight excluding hydrogens is 332 g/mol. The van der Waals surface area contributed by atoms with Crippen LogP contribution in [0.5, 0.6) is 0 Å². The van der Waals surface area contributed by atoms with Gasteiger partial charge in [0.1, 0.15) is 5.76 Å². The molecule has 1 heterocycles. The Labute approximate surface area is 141 Å². The molecule has 0 radical (unpaired) electrons. The van der Waals surface area contributed by atoms with Crippen molar-refractivity contribution in [2.45, 2.75) is 6.54 Å². The molecule has 0 aliphatic carbocycles. The Morgan fingerprint density at radius 2 is 2.08 bits per heavy atom. The lowest BCUT2D eigenvalue weighted by molar-refractivity contribution is 0.0666. The van der Waals surface area contributed by atoms with Crippen molar-refractivity contribution in [2.24, 2.45) is 0 Å². The van der Waals surface area contributed by atoms with Crippen molar-refractivity contribution < 1.29 is 22.4 Å². The number of benzene rings is 1. The van der Waals surface area contributed by atoms with E-state index in [1.165, 1.54) is 6.07 Å². The summed E-state index contributed by atoms with van der Waals surface area (Å²) in [6.45, 7) is 1.08. The van der Waals surface area contributed by atoms with E-state index in [1.54, 1.807) is 48.6 Å². The number of hydrogen-bond donors (Lipinski definition) is 1. The van der Waals surface area contributed by atoms with E-state index in [-0.39, 0.29) is 5.91 Å². The SMILES string of the molecule is COCCN(Cc1ccco1)C(=O)c1cccc(NS(C)(=O)=O)c1. The molecule has 8 heteroatoms. The predicted octanol–water partition coefficient (Wildman–Crippen LogP) is 1.94. The third-order valence-electron chi connectivity index (χ3n) is 3.19. The number of nitrogens with one attached hydrogen (secondary N) is 1. The second-order valence-corrected chi connectivity index (χ2v) is 7.00. The molecule has 0 aliphatic heterocycles. The number of amides is 1. The summed E-state index contributed by atoms with van der Waals surface area (Å²) in [4.78, 5) is 14.3. The van der Waals surface area contributed by atoms with Gasteiger partial charge in [0.15, 0.2) is 0 Å². The molecule has 7 nitrogen and oxygen atoms in total. The van der Waals surface area contributed by atoms with Gasteiger partial charge in [-0.1, -0.05) is 6.07 Å². The van der Waals surface area contributed by atoms with Gasteiger partial charge in [-0.3, -0.25) is 9.52 Å².